The lowest BCUT2D eigenvalue weighted by Crippen LogP contribution is -2.33. The molecule has 1 aliphatic heterocycles. The Morgan fingerprint density at radius 3 is 2.25 bits per heavy atom. The smallest absolute Gasteiger partial charge is 0.256 e. The number of nitrogens with zero attached hydrogens (tertiary/aromatic N) is 2. The highest BCUT2D eigenvalue weighted by atomic mass is 35.5. The summed E-state index contributed by atoms with van der Waals surface area (Å²) < 4.78 is 53.3. The van der Waals surface area contributed by atoms with Gasteiger partial charge in [0, 0.05) is 11.2 Å². The van der Waals surface area contributed by atoms with Gasteiger partial charge in [0.05, 0.1) is 16.8 Å². The lowest BCUT2D eigenvalue weighted by molar-refractivity contribution is -0.157. The van der Waals surface area contributed by atoms with E-state index < -0.39 is 24.0 Å². The van der Waals surface area contributed by atoms with Crippen molar-refractivity contribution in [1.29, 1.82) is 0 Å². The maximum Gasteiger partial charge on any atom is 0.399 e. The van der Waals surface area contributed by atoms with Crippen LogP contribution in [-0.4, -0.2) is 12.4 Å². The molecule has 0 spiro atoms. The van der Waals surface area contributed by atoms with Gasteiger partial charge in [0.15, 0.2) is 0 Å². The first-order chi connectivity index (χ1) is 11.3. The molecule has 8 heteroatoms. The van der Waals surface area contributed by atoms with Gasteiger partial charge in [0.2, 0.25) is 0 Å². The topological polar surface area (TPSA) is 15.6 Å². The molecule has 0 saturated carbocycles. The van der Waals surface area contributed by atoms with E-state index >= 15 is 0 Å². The minimum absolute atomic E-state index is 0.176. The summed E-state index contributed by atoms with van der Waals surface area (Å²) in [6, 6.07) is 8.11. The quantitative estimate of drug-likeness (QED) is 0.599. The van der Waals surface area contributed by atoms with Crippen LogP contribution in [0.25, 0.3) is 0 Å². The summed E-state index contributed by atoms with van der Waals surface area (Å²) in [6.07, 6.45) is -3.67. The fourth-order valence-corrected chi connectivity index (χ4v) is 3.10. The molecule has 0 amide bonds. The first kappa shape index (κ1) is 17.0. The molecule has 2 aromatic carbocycles. The third kappa shape index (κ3) is 3.21. The molecular formula is C16H10Cl2F4N2. The maximum atomic E-state index is 13.4. The molecule has 3 rings (SSSR count). The second kappa shape index (κ2) is 6.26. The molecule has 0 fully saturated rings. The molecule has 0 N–H and O–H groups in total. The summed E-state index contributed by atoms with van der Waals surface area (Å²) in [4.78, 5) is 0. The van der Waals surface area contributed by atoms with E-state index in [0.717, 1.165) is 18.3 Å². The summed E-state index contributed by atoms with van der Waals surface area (Å²) in [5.41, 5.74) is 0.570. The zero-order valence-electron chi connectivity index (χ0n) is 11.9. The number of hydrazone groups is 1. The highest BCUT2D eigenvalue weighted by Crippen LogP contribution is 2.46. The van der Waals surface area contributed by atoms with Crippen LogP contribution in [0, 0.1) is 11.7 Å². The van der Waals surface area contributed by atoms with Crippen LogP contribution >= 0.6 is 23.2 Å². The van der Waals surface area contributed by atoms with Crippen LogP contribution in [0.1, 0.15) is 11.6 Å². The zero-order valence-corrected chi connectivity index (χ0v) is 13.4. The molecule has 0 aliphatic carbocycles. The van der Waals surface area contributed by atoms with Crippen LogP contribution in [0.5, 0.6) is 0 Å². The molecule has 2 aromatic rings. The average molecular weight is 377 g/mol. The van der Waals surface area contributed by atoms with E-state index in [0.29, 0.717) is 10.7 Å². The summed E-state index contributed by atoms with van der Waals surface area (Å²) in [6.45, 7) is 0. The van der Waals surface area contributed by atoms with Gasteiger partial charge in [-0.2, -0.15) is 18.3 Å². The highest BCUT2D eigenvalue weighted by Gasteiger charge is 2.50. The van der Waals surface area contributed by atoms with Crippen molar-refractivity contribution in [2.24, 2.45) is 11.0 Å². The molecule has 2 atom stereocenters. The normalized spacial score (nSPS) is 20.7. The van der Waals surface area contributed by atoms with Crippen LogP contribution < -0.4 is 5.01 Å². The van der Waals surface area contributed by atoms with Gasteiger partial charge < -0.3 is 0 Å². The van der Waals surface area contributed by atoms with E-state index in [4.69, 9.17) is 23.2 Å². The lowest BCUT2D eigenvalue weighted by Gasteiger charge is -2.29. The highest BCUT2D eigenvalue weighted by molar-refractivity contribution is 6.36. The van der Waals surface area contributed by atoms with Crippen molar-refractivity contribution in [3.05, 3.63) is 63.9 Å². The first-order valence-corrected chi connectivity index (χ1v) is 7.63. The Morgan fingerprint density at radius 2 is 1.67 bits per heavy atom. The number of halogens is 6. The molecule has 1 aliphatic rings. The predicted octanol–water partition coefficient (Wildman–Crippen LogP) is 5.86. The number of anilines is 1. The van der Waals surface area contributed by atoms with Gasteiger partial charge >= 0.3 is 6.18 Å². The molecule has 126 valence electrons. The van der Waals surface area contributed by atoms with Crippen molar-refractivity contribution < 1.29 is 17.6 Å². The van der Waals surface area contributed by atoms with E-state index in [9.17, 15) is 17.6 Å². The molecule has 2 unspecified atom stereocenters. The fourth-order valence-electron chi connectivity index (χ4n) is 2.60. The Bertz CT molecular complexity index is 775. The molecular weight excluding hydrogens is 367 g/mol. The van der Waals surface area contributed by atoms with E-state index in [2.05, 4.69) is 5.10 Å². The van der Waals surface area contributed by atoms with Gasteiger partial charge in [-0.15, -0.1) is 0 Å². The molecule has 1 heterocycles. The lowest BCUT2D eigenvalue weighted by atomic mass is 9.93. The second-order valence-electron chi connectivity index (χ2n) is 5.27. The predicted molar refractivity (Wildman–Crippen MR) is 86.1 cm³/mol. The molecule has 24 heavy (non-hydrogen) atoms. The Kier molecular flexibility index (Phi) is 4.44. The number of hydrogen-bond acceptors (Lipinski definition) is 2. The van der Waals surface area contributed by atoms with Crippen molar-refractivity contribution >= 4 is 35.1 Å². The van der Waals surface area contributed by atoms with Crippen molar-refractivity contribution in [3.63, 3.8) is 0 Å². The molecule has 2 nitrogen and oxygen atoms in total. The molecule has 0 aromatic heterocycles. The van der Waals surface area contributed by atoms with Crippen LogP contribution in [0.15, 0.2) is 47.6 Å². The van der Waals surface area contributed by atoms with Gasteiger partial charge in [-0.25, -0.2) is 4.39 Å². The number of benzene rings is 2. The summed E-state index contributed by atoms with van der Waals surface area (Å²) in [7, 11) is 0. The monoisotopic (exact) mass is 376 g/mol. The van der Waals surface area contributed by atoms with Gasteiger partial charge in [0.1, 0.15) is 11.7 Å². The van der Waals surface area contributed by atoms with Crippen LogP contribution in [-0.2, 0) is 0 Å². The van der Waals surface area contributed by atoms with Crippen LogP contribution in [0.2, 0.25) is 10.0 Å². The largest absolute Gasteiger partial charge is 0.399 e. The minimum Gasteiger partial charge on any atom is -0.256 e. The SMILES string of the molecule is Fc1ccc(C2C(C(F)(F)F)C=NN2c2ccc(Cl)cc2Cl)cc1. The van der Waals surface area contributed by atoms with Crippen LogP contribution in [0.3, 0.4) is 0 Å². The van der Waals surface area contributed by atoms with Gasteiger partial charge in [0.25, 0.3) is 0 Å². The molecule has 0 bridgehead atoms. The Labute approximate surface area is 145 Å². The zero-order chi connectivity index (χ0) is 17.5. The van der Waals surface area contributed by atoms with E-state index in [1.165, 1.54) is 35.3 Å². The average Bonchev–Trinajstić information content (AvgIpc) is 2.93. The minimum atomic E-state index is -4.50. The second-order valence-corrected chi connectivity index (χ2v) is 6.11. The van der Waals surface area contributed by atoms with Crippen molar-refractivity contribution in [3.8, 4) is 0 Å². The molecule has 0 saturated heterocycles. The van der Waals surface area contributed by atoms with E-state index in [1.54, 1.807) is 0 Å². The standard InChI is InChI=1S/C16H10Cl2F4N2/c17-10-3-6-14(13(18)7-10)24-15(9-1-4-11(19)5-2-9)12(8-23-24)16(20,21)22/h1-8,12,15H. The van der Waals surface area contributed by atoms with Gasteiger partial charge in [-0.05, 0) is 35.9 Å². The van der Waals surface area contributed by atoms with Crippen molar-refractivity contribution in [2.75, 3.05) is 5.01 Å². The number of alkyl halides is 3. The van der Waals surface area contributed by atoms with Crippen LogP contribution in [0.4, 0.5) is 23.2 Å². The number of rotatable bonds is 2. The maximum absolute atomic E-state index is 13.4. The summed E-state index contributed by atoms with van der Waals surface area (Å²) in [5, 5.41) is 5.61. The fraction of sp³-hybridized carbons (Fsp3) is 0.188. The number of hydrogen-bond donors (Lipinski definition) is 0. The van der Waals surface area contributed by atoms with E-state index in [-0.39, 0.29) is 10.6 Å². The Balaban J connectivity index is 2.07. The summed E-state index contributed by atoms with van der Waals surface area (Å²) in [5.74, 6) is -2.37. The van der Waals surface area contributed by atoms with Gasteiger partial charge in [-0.1, -0.05) is 35.3 Å². The van der Waals surface area contributed by atoms with Crippen molar-refractivity contribution in [2.45, 2.75) is 12.2 Å². The van der Waals surface area contributed by atoms with Crippen molar-refractivity contribution in [1.82, 2.24) is 0 Å². The first-order valence-electron chi connectivity index (χ1n) is 6.88. The Morgan fingerprint density at radius 1 is 1.00 bits per heavy atom. The van der Waals surface area contributed by atoms with E-state index in [1.807, 2.05) is 0 Å². The Hall–Kier alpha value is -1.79. The summed E-state index contributed by atoms with van der Waals surface area (Å²) >= 11 is 11.9. The molecule has 0 radical (unpaired) electrons. The third-order valence-corrected chi connectivity index (χ3v) is 4.24. The van der Waals surface area contributed by atoms with Gasteiger partial charge in [-0.3, -0.25) is 5.01 Å². The third-order valence-electron chi connectivity index (χ3n) is 3.70.